The van der Waals surface area contributed by atoms with Crippen molar-refractivity contribution in [3.8, 4) is 0 Å². The van der Waals surface area contributed by atoms with Gasteiger partial charge in [0.15, 0.2) is 0 Å². The highest BCUT2D eigenvalue weighted by Gasteiger charge is 2.53. The number of carbonyl (C=O) groups excluding carboxylic acids is 4. The molecule has 4 saturated carbocycles. The summed E-state index contributed by atoms with van der Waals surface area (Å²) >= 11 is 0. The van der Waals surface area contributed by atoms with Gasteiger partial charge in [-0.15, -0.1) is 0 Å². The standard InChI is InChI=1S/C20H29N3O4/c1-11(2)23-18(26)17(25)22(19(23)27)10-16(24)21-12(3)20-7-13-4-14(8-20)6-15(5-13)9-20/h11-15H,4-10H2,1-3H3,(H,21,24)/t12-,13?,14?,15?,20?/m1/s1. The predicted molar refractivity (Wildman–Crippen MR) is 97.3 cm³/mol. The van der Waals surface area contributed by atoms with Gasteiger partial charge in [0.2, 0.25) is 5.91 Å². The Kier molecular flexibility index (Phi) is 4.31. The van der Waals surface area contributed by atoms with Crippen molar-refractivity contribution < 1.29 is 19.2 Å². The minimum absolute atomic E-state index is 0.0168. The highest BCUT2D eigenvalue weighted by atomic mass is 16.2. The van der Waals surface area contributed by atoms with Crippen molar-refractivity contribution in [1.82, 2.24) is 15.1 Å². The molecule has 0 aromatic heterocycles. The van der Waals surface area contributed by atoms with E-state index in [9.17, 15) is 19.2 Å². The Morgan fingerprint density at radius 3 is 1.96 bits per heavy atom. The highest BCUT2D eigenvalue weighted by molar-refractivity contribution is 6.45. The fourth-order valence-corrected chi connectivity index (χ4v) is 6.41. The molecule has 0 spiro atoms. The summed E-state index contributed by atoms with van der Waals surface area (Å²) < 4.78 is 0. The van der Waals surface area contributed by atoms with Crippen molar-refractivity contribution in [2.45, 2.75) is 71.4 Å². The first-order valence-electron chi connectivity index (χ1n) is 10.2. The van der Waals surface area contributed by atoms with E-state index >= 15 is 0 Å². The highest BCUT2D eigenvalue weighted by Crippen LogP contribution is 2.61. The van der Waals surface area contributed by atoms with Crippen LogP contribution in [0.25, 0.3) is 0 Å². The molecule has 4 aliphatic carbocycles. The van der Waals surface area contributed by atoms with Crippen LogP contribution < -0.4 is 5.32 Å². The Morgan fingerprint density at radius 2 is 1.52 bits per heavy atom. The van der Waals surface area contributed by atoms with Gasteiger partial charge in [-0.3, -0.25) is 19.3 Å². The molecule has 0 aromatic rings. The Bertz CT molecular complexity index is 666. The van der Waals surface area contributed by atoms with Crippen LogP contribution in [-0.4, -0.2) is 52.2 Å². The molecule has 1 heterocycles. The van der Waals surface area contributed by atoms with E-state index in [0.29, 0.717) is 0 Å². The average Bonchev–Trinajstić information content (AvgIpc) is 2.77. The molecule has 148 valence electrons. The van der Waals surface area contributed by atoms with Crippen LogP contribution in [0.15, 0.2) is 0 Å². The van der Waals surface area contributed by atoms with Crippen LogP contribution in [0, 0.1) is 23.2 Å². The second kappa shape index (κ2) is 6.31. The van der Waals surface area contributed by atoms with Crippen LogP contribution >= 0.6 is 0 Å². The average molecular weight is 375 g/mol. The van der Waals surface area contributed by atoms with Gasteiger partial charge in [0, 0.05) is 12.1 Å². The molecule has 27 heavy (non-hydrogen) atoms. The van der Waals surface area contributed by atoms with E-state index < -0.39 is 23.9 Å². The van der Waals surface area contributed by atoms with Crippen LogP contribution in [0.4, 0.5) is 4.79 Å². The van der Waals surface area contributed by atoms with Gasteiger partial charge < -0.3 is 5.32 Å². The molecule has 1 atom stereocenters. The van der Waals surface area contributed by atoms with Crippen molar-refractivity contribution in [2.75, 3.05) is 6.54 Å². The second-order valence-electron chi connectivity index (χ2n) is 9.51. The normalized spacial score (nSPS) is 36.1. The summed E-state index contributed by atoms with van der Waals surface area (Å²) in [5.74, 6) is 0.236. The number of rotatable bonds is 5. The third-order valence-corrected chi connectivity index (χ3v) is 7.28. The fourth-order valence-electron chi connectivity index (χ4n) is 6.41. The van der Waals surface area contributed by atoms with E-state index in [-0.39, 0.29) is 23.9 Å². The van der Waals surface area contributed by atoms with Gasteiger partial charge in [-0.25, -0.2) is 9.69 Å². The van der Waals surface area contributed by atoms with E-state index in [4.69, 9.17) is 0 Å². The monoisotopic (exact) mass is 375 g/mol. The molecular formula is C20H29N3O4. The van der Waals surface area contributed by atoms with Crippen molar-refractivity contribution in [3.05, 3.63) is 0 Å². The third-order valence-electron chi connectivity index (χ3n) is 7.28. The molecule has 1 saturated heterocycles. The van der Waals surface area contributed by atoms with Crippen molar-refractivity contribution in [3.63, 3.8) is 0 Å². The van der Waals surface area contributed by atoms with Crippen molar-refractivity contribution in [1.29, 1.82) is 0 Å². The first-order valence-corrected chi connectivity index (χ1v) is 10.2. The summed E-state index contributed by atoms with van der Waals surface area (Å²) in [4.78, 5) is 50.7. The second-order valence-corrected chi connectivity index (χ2v) is 9.51. The lowest BCUT2D eigenvalue weighted by atomic mass is 9.48. The van der Waals surface area contributed by atoms with E-state index in [2.05, 4.69) is 12.2 Å². The topological polar surface area (TPSA) is 86.8 Å². The van der Waals surface area contributed by atoms with Crippen LogP contribution in [0.1, 0.15) is 59.3 Å². The zero-order valence-corrected chi connectivity index (χ0v) is 16.4. The van der Waals surface area contributed by atoms with E-state index in [0.717, 1.165) is 27.6 Å². The first-order chi connectivity index (χ1) is 12.7. The van der Waals surface area contributed by atoms with E-state index in [1.54, 1.807) is 13.8 Å². The minimum Gasteiger partial charge on any atom is -0.352 e. The quantitative estimate of drug-likeness (QED) is 0.587. The van der Waals surface area contributed by atoms with Gasteiger partial charge in [0.05, 0.1) is 0 Å². The van der Waals surface area contributed by atoms with E-state index in [1.807, 2.05) is 0 Å². The number of imide groups is 2. The van der Waals surface area contributed by atoms with Crippen LogP contribution in [-0.2, 0) is 14.4 Å². The lowest BCUT2D eigenvalue weighted by Gasteiger charge is -2.59. The lowest BCUT2D eigenvalue weighted by Crippen LogP contribution is -2.57. The summed E-state index contributed by atoms with van der Waals surface area (Å²) in [6.07, 6.45) is 7.52. The number of amides is 5. The number of nitrogens with one attached hydrogen (secondary N) is 1. The summed E-state index contributed by atoms with van der Waals surface area (Å²) in [7, 11) is 0. The Balaban J connectivity index is 1.40. The van der Waals surface area contributed by atoms with Gasteiger partial charge in [0.25, 0.3) is 0 Å². The molecule has 5 rings (SSSR count). The van der Waals surface area contributed by atoms with Crippen LogP contribution in [0.3, 0.4) is 0 Å². The molecule has 5 amide bonds. The Hall–Kier alpha value is -1.92. The van der Waals surface area contributed by atoms with E-state index in [1.165, 1.54) is 38.5 Å². The van der Waals surface area contributed by atoms with Crippen molar-refractivity contribution in [2.24, 2.45) is 23.2 Å². The van der Waals surface area contributed by atoms with Crippen molar-refractivity contribution >= 4 is 23.8 Å². The summed E-state index contributed by atoms with van der Waals surface area (Å²) in [6.45, 7) is 5.01. The number of hydrogen-bond donors (Lipinski definition) is 1. The van der Waals surface area contributed by atoms with Crippen LogP contribution in [0.2, 0.25) is 0 Å². The smallest absolute Gasteiger partial charge is 0.334 e. The van der Waals surface area contributed by atoms with Gasteiger partial charge in [-0.05, 0) is 82.5 Å². The molecule has 0 unspecified atom stereocenters. The molecule has 7 heteroatoms. The molecule has 0 aromatic carbocycles. The largest absolute Gasteiger partial charge is 0.352 e. The summed E-state index contributed by atoms with van der Waals surface area (Å²) in [5.41, 5.74) is 0.156. The lowest BCUT2D eigenvalue weighted by molar-refractivity contribution is -0.144. The zero-order chi connectivity index (χ0) is 19.5. The van der Waals surface area contributed by atoms with Gasteiger partial charge in [-0.1, -0.05) is 0 Å². The summed E-state index contributed by atoms with van der Waals surface area (Å²) in [6, 6.07) is -1.09. The zero-order valence-electron chi connectivity index (χ0n) is 16.4. The maximum absolute atomic E-state index is 12.6. The minimum atomic E-state index is -0.911. The van der Waals surface area contributed by atoms with Gasteiger partial charge in [-0.2, -0.15) is 0 Å². The summed E-state index contributed by atoms with van der Waals surface area (Å²) in [5, 5.41) is 3.05. The molecule has 5 aliphatic rings. The molecule has 7 nitrogen and oxygen atoms in total. The molecule has 1 aliphatic heterocycles. The SMILES string of the molecule is CC(C)N1C(=O)C(=O)N(CC(=O)N[C@H](C)C23CC4CC(CC(C4)C2)C3)C1=O. The Labute approximate surface area is 159 Å². The van der Waals surface area contributed by atoms with Gasteiger partial charge >= 0.3 is 17.8 Å². The fraction of sp³-hybridized carbons (Fsp3) is 0.800. The predicted octanol–water partition coefficient (Wildman–Crippen LogP) is 1.91. The maximum Gasteiger partial charge on any atom is 0.334 e. The first kappa shape index (κ1) is 18.4. The molecule has 5 fully saturated rings. The van der Waals surface area contributed by atoms with Crippen LogP contribution in [0.5, 0.6) is 0 Å². The number of nitrogens with zero attached hydrogens (tertiary/aromatic N) is 2. The molecular weight excluding hydrogens is 346 g/mol. The Morgan fingerprint density at radius 1 is 1.00 bits per heavy atom. The molecule has 0 radical (unpaired) electrons. The number of hydrogen-bond acceptors (Lipinski definition) is 4. The number of carbonyl (C=O) groups is 4. The molecule has 1 N–H and O–H groups in total. The third kappa shape index (κ3) is 2.95. The molecule has 4 bridgehead atoms. The maximum atomic E-state index is 12.6. The number of urea groups is 1. The van der Waals surface area contributed by atoms with Gasteiger partial charge in [0.1, 0.15) is 6.54 Å².